The van der Waals surface area contributed by atoms with E-state index in [1.807, 2.05) is 42.6 Å². The predicted octanol–water partition coefficient (Wildman–Crippen LogP) is 3.01. The van der Waals surface area contributed by atoms with Crippen molar-refractivity contribution in [2.75, 3.05) is 18.1 Å². The van der Waals surface area contributed by atoms with E-state index >= 15 is 0 Å². The van der Waals surface area contributed by atoms with Crippen LogP contribution in [0.3, 0.4) is 0 Å². The number of nitrogens with zero attached hydrogens (tertiary/aromatic N) is 3. The molecule has 5 heteroatoms. The van der Waals surface area contributed by atoms with E-state index in [1.165, 1.54) is 6.42 Å². The summed E-state index contributed by atoms with van der Waals surface area (Å²) in [5.74, 6) is 1.93. The quantitative estimate of drug-likeness (QED) is 0.803. The van der Waals surface area contributed by atoms with Crippen molar-refractivity contribution in [2.45, 2.75) is 18.9 Å². The maximum absolute atomic E-state index is 5.94. The minimum Gasteiger partial charge on any atom is -0.491 e. The van der Waals surface area contributed by atoms with Crippen LogP contribution in [-0.4, -0.2) is 34.1 Å². The van der Waals surface area contributed by atoms with E-state index in [4.69, 9.17) is 4.74 Å². The Balaban J connectivity index is 1.55. The van der Waals surface area contributed by atoms with Crippen LogP contribution in [0.1, 0.15) is 12.8 Å². The van der Waals surface area contributed by atoms with Gasteiger partial charge in [0.25, 0.3) is 0 Å². The van der Waals surface area contributed by atoms with Crippen LogP contribution in [0.2, 0.25) is 0 Å². The number of ether oxygens (including phenoxy) is 1. The molecule has 4 rings (SSSR count). The van der Waals surface area contributed by atoms with Gasteiger partial charge in [0.05, 0.1) is 11.4 Å². The number of aromatic amines is 1. The number of aromatic nitrogens is 3. The molecule has 1 fully saturated rings. The minimum absolute atomic E-state index is 0.355. The fraction of sp³-hybridized carbons (Fsp3) is 0.294. The second kappa shape index (κ2) is 5.67. The van der Waals surface area contributed by atoms with Gasteiger partial charge >= 0.3 is 0 Å². The Morgan fingerprint density at radius 1 is 1.18 bits per heavy atom. The third kappa shape index (κ3) is 2.39. The Kier molecular flexibility index (Phi) is 3.39. The van der Waals surface area contributed by atoms with E-state index in [-0.39, 0.29) is 0 Å². The summed E-state index contributed by atoms with van der Waals surface area (Å²) in [6.45, 7) is 1.69. The van der Waals surface area contributed by atoms with Crippen LogP contribution in [0.25, 0.3) is 11.0 Å². The summed E-state index contributed by atoms with van der Waals surface area (Å²) >= 11 is 0. The molecular formula is C17H18N4O. The largest absolute Gasteiger partial charge is 0.491 e. The van der Waals surface area contributed by atoms with E-state index in [2.05, 4.69) is 19.9 Å². The molecule has 1 atom stereocenters. The highest BCUT2D eigenvalue weighted by Gasteiger charge is 2.27. The Bertz CT molecular complexity index is 755. The van der Waals surface area contributed by atoms with Crippen molar-refractivity contribution >= 4 is 16.9 Å². The van der Waals surface area contributed by atoms with Crippen molar-refractivity contribution in [1.82, 2.24) is 15.0 Å². The standard InChI is InChI=1S/C17H18N4O/c1-2-6-14(7-3-1)22-11-13-5-4-10-21(13)17-15-8-9-18-16(15)19-12-20-17/h1-3,6-9,12-13H,4-5,10-11H2,(H,18,19,20)/t13-/m0/s1. The highest BCUT2D eigenvalue weighted by atomic mass is 16.5. The molecule has 0 saturated carbocycles. The summed E-state index contributed by atoms with van der Waals surface area (Å²) in [5, 5.41) is 1.08. The number of para-hydroxylation sites is 1. The van der Waals surface area contributed by atoms with Crippen molar-refractivity contribution in [3.05, 3.63) is 48.9 Å². The van der Waals surface area contributed by atoms with Gasteiger partial charge in [-0.05, 0) is 31.0 Å². The van der Waals surface area contributed by atoms with Crippen LogP contribution in [-0.2, 0) is 0 Å². The zero-order chi connectivity index (χ0) is 14.8. The second-order valence-corrected chi connectivity index (χ2v) is 5.55. The van der Waals surface area contributed by atoms with Crippen molar-refractivity contribution in [3.8, 4) is 5.75 Å². The average molecular weight is 294 g/mol. The van der Waals surface area contributed by atoms with Gasteiger partial charge in [-0.1, -0.05) is 18.2 Å². The van der Waals surface area contributed by atoms with Crippen molar-refractivity contribution < 1.29 is 4.74 Å². The van der Waals surface area contributed by atoms with Crippen molar-refractivity contribution in [1.29, 1.82) is 0 Å². The molecule has 0 amide bonds. The lowest BCUT2D eigenvalue weighted by Crippen LogP contribution is -2.34. The summed E-state index contributed by atoms with van der Waals surface area (Å²) < 4.78 is 5.94. The molecule has 1 saturated heterocycles. The molecule has 0 aliphatic carbocycles. The molecule has 22 heavy (non-hydrogen) atoms. The Labute approximate surface area is 129 Å². The summed E-state index contributed by atoms with van der Waals surface area (Å²) in [5.41, 5.74) is 0.889. The lowest BCUT2D eigenvalue weighted by atomic mass is 10.2. The molecule has 1 N–H and O–H groups in total. The SMILES string of the molecule is c1ccc(OC[C@@H]2CCCN2c2ncnc3[nH]ccc23)cc1. The van der Waals surface area contributed by atoms with Crippen LogP contribution in [0.4, 0.5) is 5.82 Å². The first-order chi connectivity index (χ1) is 10.9. The van der Waals surface area contributed by atoms with E-state index in [0.717, 1.165) is 35.6 Å². The van der Waals surface area contributed by atoms with Gasteiger partial charge in [-0.25, -0.2) is 9.97 Å². The first kappa shape index (κ1) is 13.1. The van der Waals surface area contributed by atoms with Crippen LogP contribution >= 0.6 is 0 Å². The van der Waals surface area contributed by atoms with Crippen LogP contribution < -0.4 is 9.64 Å². The molecule has 1 aromatic carbocycles. The summed E-state index contributed by atoms with van der Waals surface area (Å²) in [7, 11) is 0. The highest BCUT2D eigenvalue weighted by Crippen LogP contribution is 2.29. The molecule has 0 unspecified atom stereocenters. The molecule has 112 valence electrons. The lowest BCUT2D eigenvalue weighted by Gasteiger charge is -2.26. The Morgan fingerprint density at radius 3 is 3.00 bits per heavy atom. The van der Waals surface area contributed by atoms with E-state index in [1.54, 1.807) is 6.33 Å². The number of fused-ring (bicyclic) bond motifs is 1. The predicted molar refractivity (Wildman–Crippen MR) is 86.2 cm³/mol. The second-order valence-electron chi connectivity index (χ2n) is 5.55. The molecule has 0 bridgehead atoms. The molecule has 1 aliphatic heterocycles. The van der Waals surface area contributed by atoms with Crippen LogP contribution in [0.5, 0.6) is 5.75 Å². The summed E-state index contributed by atoms with van der Waals surface area (Å²) in [6, 6.07) is 12.4. The first-order valence-corrected chi connectivity index (χ1v) is 7.64. The number of benzene rings is 1. The zero-order valence-electron chi connectivity index (χ0n) is 12.3. The number of anilines is 1. The van der Waals surface area contributed by atoms with E-state index in [0.29, 0.717) is 12.6 Å². The van der Waals surface area contributed by atoms with Crippen molar-refractivity contribution in [3.63, 3.8) is 0 Å². The number of hydrogen-bond donors (Lipinski definition) is 1. The molecule has 3 heterocycles. The third-order valence-corrected chi connectivity index (χ3v) is 4.17. The van der Waals surface area contributed by atoms with Gasteiger partial charge in [0, 0.05) is 12.7 Å². The molecular weight excluding hydrogens is 276 g/mol. The minimum atomic E-state index is 0.355. The van der Waals surface area contributed by atoms with Gasteiger partial charge in [-0.15, -0.1) is 0 Å². The zero-order valence-corrected chi connectivity index (χ0v) is 12.3. The Morgan fingerprint density at radius 2 is 2.09 bits per heavy atom. The van der Waals surface area contributed by atoms with Gasteiger partial charge < -0.3 is 14.6 Å². The van der Waals surface area contributed by atoms with E-state index < -0.39 is 0 Å². The van der Waals surface area contributed by atoms with Gasteiger partial charge in [-0.3, -0.25) is 0 Å². The normalized spacial score (nSPS) is 18.0. The fourth-order valence-corrected chi connectivity index (χ4v) is 3.08. The fourth-order valence-electron chi connectivity index (χ4n) is 3.08. The monoisotopic (exact) mass is 294 g/mol. The molecule has 5 nitrogen and oxygen atoms in total. The number of H-pyrrole nitrogens is 1. The summed E-state index contributed by atoms with van der Waals surface area (Å²) in [6.07, 6.45) is 5.83. The topological polar surface area (TPSA) is 54.0 Å². The Hall–Kier alpha value is -2.56. The molecule has 1 aliphatic rings. The van der Waals surface area contributed by atoms with E-state index in [9.17, 15) is 0 Å². The number of rotatable bonds is 4. The third-order valence-electron chi connectivity index (χ3n) is 4.17. The van der Waals surface area contributed by atoms with Crippen LogP contribution in [0.15, 0.2) is 48.9 Å². The maximum Gasteiger partial charge on any atom is 0.142 e. The van der Waals surface area contributed by atoms with Gasteiger partial charge in [0.1, 0.15) is 30.1 Å². The first-order valence-electron chi connectivity index (χ1n) is 7.64. The lowest BCUT2D eigenvalue weighted by molar-refractivity contribution is 0.288. The number of hydrogen-bond acceptors (Lipinski definition) is 4. The van der Waals surface area contributed by atoms with Crippen LogP contribution in [0, 0.1) is 0 Å². The molecule has 3 aromatic rings. The molecule has 0 spiro atoms. The summed E-state index contributed by atoms with van der Waals surface area (Å²) in [4.78, 5) is 14.3. The maximum atomic E-state index is 5.94. The van der Waals surface area contributed by atoms with Gasteiger partial charge in [-0.2, -0.15) is 0 Å². The number of nitrogens with one attached hydrogen (secondary N) is 1. The highest BCUT2D eigenvalue weighted by molar-refractivity contribution is 5.87. The average Bonchev–Trinajstić information content (AvgIpc) is 3.22. The smallest absolute Gasteiger partial charge is 0.142 e. The van der Waals surface area contributed by atoms with Gasteiger partial charge in [0.2, 0.25) is 0 Å². The van der Waals surface area contributed by atoms with Gasteiger partial charge in [0.15, 0.2) is 0 Å². The molecule has 2 aromatic heterocycles. The van der Waals surface area contributed by atoms with Crippen molar-refractivity contribution in [2.24, 2.45) is 0 Å². The molecule has 0 radical (unpaired) electrons.